The molecule has 1 heterocycles. The second-order valence-electron chi connectivity index (χ2n) is 6.27. The van der Waals surface area contributed by atoms with Crippen molar-refractivity contribution in [2.45, 2.75) is 32.9 Å². The number of amides is 2. The van der Waals surface area contributed by atoms with Gasteiger partial charge in [0.05, 0.1) is 17.1 Å². The molecule has 2 amide bonds. The molecule has 2 rings (SSSR count). The largest absolute Gasteiger partial charge is 0.493 e. The van der Waals surface area contributed by atoms with E-state index in [1.165, 1.54) is 23.7 Å². The molecule has 0 radical (unpaired) electrons. The van der Waals surface area contributed by atoms with Gasteiger partial charge in [-0.05, 0) is 23.6 Å². The Morgan fingerprint density at radius 1 is 1.04 bits per heavy atom. The molecule has 0 spiro atoms. The van der Waals surface area contributed by atoms with Crippen molar-refractivity contribution in [3.63, 3.8) is 0 Å². The summed E-state index contributed by atoms with van der Waals surface area (Å²) in [5.41, 5.74) is 1.25. The summed E-state index contributed by atoms with van der Waals surface area (Å²) in [6.45, 7) is 8.85. The van der Waals surface area contributed by atoms with Crippen LogP contribution in [0.3, 0.4) is 0 Å². The maximum Gasteiger partial charge on any atom is 0.267 e. The summed E-state index contributed by atoms with van der Waals surface area (Å²) in [4.78, 5) is 26.4. The number of nitrogens with zero attached hydrogens (tertiary/aromatic N) is 1. The number of thioether (sulfide) groups is 1. The van der Waals surface area contributed by atoms with Crippen molar-refractivity contribution in [3.8, 4) is 5.75 Å². The molecule has 23 heavy (non-hydrogen) atoms. The standard InChI is InChI=1S/C18H23NO3S/c1-11(2)10-22-14-8-6-13(7-9-14)15-16(23-12(3)4)18(21)19(5)17(15)20/h6-9,11-12H,10H2,1-5H3. The van der Waals surface area contributed by atoms with Crippen LogP contribution in [0.4, 0.5) is 0 Å². The lowest BCUT2D eigenvalue weighted by Crippen LogP contribution is -2.26. The number of ether oxygens (including phenoxy) is 1. The van der Waals surface area contributed by atoms with Gasteiger partial charge in [-0.1, -0.05) is 39.8 Å². The molecule has 1 aliphatic heterocycles. The van der Waals surface area contributed by atoms with Crippen LogP contribution < -0.4 is 4.74 Å². The second kappa shape index (κ2) is 7.21. The summed E-state index contributed by atoms with van der Waals surface area (Å²) in [7, 11) is 1.53. The number of hydrogen-bond donors (Lipinski definition) is 0. The fourth-order valence-corrected chi connectivity index (χ4v) is 3.23. The highest BCUT2D eigenvalue weighted by Gasteiger charge is 2.37. The average molecular weight is 333 g/mol. The highest BCUT2D eigenvalue weighted by Crippen LogP contribution is 2.37. The summed E-state index contributed by atoms with van der Waals surface area (Å²) in [5.74, 6) is 0.762. The van der Waals surface area contributed by atoms with E-state index in [1.54, 1.807) is 0 Å². The van der Waals surface area contributed by atoms with E-state index in [1.807, 2.05) is 38.1 Å². The molecule has 0 N–H and O–H groups in total. The lowest BCUT2D eigenvalue weighted by Gasteiger charge is -2.10. The number of likely N-dealkylation sites (N-methyl/N-ethyl adjacent to an activating group) is 1. The number of rotatable bonds is 6. The van der Waals surface area contributed by atoms with Crippen molar-refractivity contribution in [3.05, 3.63) is 34.7 Å². The molecule has 1 aromatic rings. The van der Waals surface area contributed by atoms with Gasteiger partial charge in [-0.3, -0.25) is 14.5 Å². The SMILES string of the molecule is CC(C)COc1ccc(C2=C(SC(C)C)C(=O)N(C)C2=O)cc1. The minimum Gasteiger partial charge on any atom is -0.493 e. The number of benzene rings is 1. The van der Waals surface area contributed by atoms with Crippen LogP contribution in [-0.2, 0) is 9.59 Å². The maximum atomic E-state index is 12.4. The monoisotopic (exact) mass is 333 g/mol. The van der Waals surface area contributed by atoms with E-state index in [-0.39, 0.29) is 17.1 Å². The van der Waals surface area contributed by atoms with Crippen LogP contribution in [0.15, 0.2) is 29.2 Å². The Bertz CT molecular complexity index is 632. The first-order chi connectivity index (χ1) is 10.8. The molecule has 1 aliphatic rings. The van der Waals surface area contributed by atoms with Crippen molar-refractivity contribution >= 4 is 29.1 Å². The molecule has 0 saturated heterocycles. The first-order valence-electron chi connectivity index (χ1n) is 7.77. The molecule has 0 bridgehead atoms. The van der Waals surface area contributed by atoms with Crippen LogP contribution in [0, 0.1) is 5.92 Å². The third-order valence-corrected chi connectivity index (χ3v) is 4.41. The molecule has 0 fully saturated rings. The van der Waals surface area contributed by atoms with Crippen LogP contribution in [-0.4, -0.2) is 35.6 Å². The summed E-state index contributed by atoms with van der Waals surface area (Å²) < 4.78 is 5.66. The maximum absolute atomic E-state index is 12.4. The number of hydrogen-bond acceptors (Lipinski definition) is 4. The molecular formula is C18H23NO3S. The van der Waals surface area contributed by atoms with Gasteiger partial charge in [0, 0.05) is 12.3 Å². The van der Waals surface area contributed by atoms with Crippen LogP contribution in [0.1, 0.15) is 33.3 Å². The third-order valence-electron chi connectivity index (χ3n) is 3.32. The van der Waals surface area contributed by atoms with Crippen molar-refractivity contribution < 1.29 is 14.3 Å². The highest BCUT2D eigenvalue weighted by atomic mass is 32.2. The lowest BCUT2D eigenvalue weighted by molar-refractivity contribution is -0.134. The van der Waals surface area contributed by atoms with Crippen molar-refractivity contribution in [2.24, 2.45) is 5.92 Å². The Balaban J connectivity index is 2.31. The Morgan fingerprint density at radius 3 is 2.17 bits per heavy atom. The van der Waals surface area contributed by atoms with Gasteiger partial charge in [-0.25, -0.2) is 0 Å². The smallest absolute Gasteiger partial charge is 0.267 e. The van der Waals surface area contributed by atoms with Gasteiger partial charge >= 0.3 is 0 Å². The minimum absolute atomic E-state index is 0.219. The normalized spacial score (nSPS) is 15.3. The van der Waals surface area contributed by atoms with Crippen molar-refractivity contribution in [1.29, 1.82) is 0 Å². The molecule has 0 aromatic heterocycles. The molecule has 0 aliphatic carbocycles. The molecule has 4 nitrogen and oxygen atoms in total. The molecule has 0 unspecified atom stereocenters. The predicted molar refractivity (Wildman–Crippen MR) is 94.2 cm³/mol. The van der Waals surface area contributed by atoms with Gasteiger partial charge in [-0.2, -0.15) is 0 Å². The molecule has 0 saturated carbocycles. The van der Waals surface area contributed by atoms with Crippen molar-refractivity contribution in [1.82, 2.24) is 4.90 Å². The van der Waals surface area contributed by atoms with Crippen LogP contribution in [0.2, 0.25) is 0 Å². The van der Waals surface area contributed by atoms with Gasteiger partial charge in [0.1, 0.15) is 5.75 Å². The summed E-state index contributed by atoms with van der Waals surface area (Å²) in [5, 5.41) is 0.233. The minimum atomic E-state index is -0.242. The van der Waals surface area contributed by atoms with E-state index in [9.17, 15) is 9.59 Å². The van der Waals surface area contributed by atoms with E-state index in [2.05, 4.69) is 13.8 Å². The van der Waals surface area contributed by atoms with Crippen molar-refractivity contribution in [2.75, 3.05) is 13.7 Å². The Kier molecular flexibility index (Phi) is 5.52. The van der Waals surface area contributed by atoms with Crippen LogP contribution >= 0.6 is 11.8 Å². The summed E-state index contributed by atoms with van der Waals surface area (Å²) in [6, 6.07) is 7.38. The third kappa shape index (κ3) is 3.96. The summed E-state index contributed by atoms with van der Waals surface area (Å²) in [6.07, 6.45) is 0. The number of carbonyl (C=O) groups is 2. The number of carbonyl (C=O) groups excluding carboxylic acids is 2. The zero-order chi connectivity index (χ0) is 17.1. The Labute approximate surface area is 141 Å². The quantitative estimate of drug-likeness (QED) is 0.747. The van der Waals surface area contributed by atoms with E-state index < -0.39 is 0 Å². The molecule has 1 aromatic carbocycles. The molecule has 124 valence electrons. The summed E-state index contributed by atoms with van der Waals surface area (Å²) >= 11 is 1.44. The van der Waals surface area contributed by atoms with E-state index >= 15 is 0 Å². The van der Waals surface area contributed by atoms with Crippen LogP contribution in [0.25, 0.3) is 5.57 Å². The molecule has 0 atom stereocenters. The van der Waals surface area contributed by atoms with Gasteiger partial charge < -0.3 is 4.74 Å². The Morgan fingerprint density at radius 2 is 1.65 bits per heavy atom. The number of imide groups is 1. The van der Waals surface area contributed by atoms with E-state index in [4.69, 9.17) is 4.74 Å². The second-order valence-corrected chi connectivity index (χ2v) is 7.86. The Hall–Kier alpha value is -1.75. The van der Waals surface area contributed by atoms with Gasteiger partial charge in [0.25, 0.3) is 11.8 Å². The topological polar surface area (TPSA) is 46.6 Å². The average Bonchev–Trinajstić information content (AvgIpc) is 2.70. The van der Waals surface area contributed by atoms with Gasteiger partial charge in [0.2, 0.25) is 0 Å². The fraction of sp³-hybridized carbons (Fsp3) is 0.444. The molecule has 5 heteroatoms. The van der Waals surface area contributed by atoms with E-state index in [0.717, 1.165) is 11.3 Å². The lowest BCUT2D eigenvalue weighted by atomic mass is 10.1. The first-order valence-corrected chi connectivity index (χ1v) is 8.65. The zero-order valence-electron chi connectivity index (χ0n) is 14.3. The predicted octanol–water partition coefficient (Wildman–Crippen LogP) is 3.57. The zero-order valence-corrected chi connectivity index (χ0v) is 15.1. The highest BCUT2D eigenvalue weighted by molar-refractivity contribution is 8.04. The van der Waals surface area contributed by atoms with Crippen LogP contribution in [0.5, 0.6) is 5.75 Å². The van der Waals surface area contributed by atoms with Gasteiger partial charge in [-0.15, -0.1) is 11.8 Å². The van der Waals surface area contributed by atoms with Gasteiger partial charge in [0.15, 0.2) is 0 Å². The van der Waals surface area contributed by atoms with E-state index in [0.29, 0.717) is 23.0 Å². The fourth-order valence-electron chi connectivity index (χ4n) is 2.20. The first kappa shape index (κ1) is 17.6. The molecular weight excluding hydrogens is 310 g/mol.